The van der Waals surface area contributed by atoms with Crippen LogP contribution in [0.15, 0.2) is 54.6 Å². The van der Waals surface area contributed by atoms with Gasteiger partial charge in [0.1, 0.15) is 0 Å². The van der Waals surface area contributed by atoms with Crippen LogP contribution in [0.4, 0.5) is 5.69 Å². The maximum atomic E-state index is 13.1. The van der Waals surface area contributed by atoms with E-state index in [0.717, 1.165) is 5.69 Å². The number of carbonyl (C=O) groups is 2. The summed E-state index contributed by atoms with van der Waals surface area (Å²) in [4.78, 5) is 26.5. The Morgan fingerprint density at radius 2 is 1.73 bits per heavy atom. The monoisotopic (exact) mass is 428 g/mol. The number of para-hydroxylation sites is 1. The largest absolute Gasteiger partial charge is 0.415 e. The molecule has 0 spiro atoms. The molecule has 0 fully saturated rings. The third-order valence-electron chi connectivity index (χ3n) is 5.60. The van der Waals surface area contributed by atoms with E-state index in [9.17, 15) is 9.59 Å². The van der Waals surface area contributed by atoms with E-state index < -0.39 is 14.2 Å². The van der Waals surface area contributed by atoms with Gasteiger partial charge in [-0.2, -0.15) is 0 Å². The van der Waals surface area contributed by atoms with Crippen LogP contribution in [0.3, 0.4) is 0 Å². The Labute approximate surface area is 180 Å². The summed E-state index contributed by atoms with van der Waals surface area (Å²) >= 11 is 0. The van der Waals surface area contributed by atoms with Crippen LogP contribution in [0.5, 0.6) is 0 Å². The number of amides is 2. The van der Waals surface area contributed by atoms with Crippen molar-refractivity contribution in [1.82, 2.24) is 5.48 Å². The third-order valence-corrected chi connectivity index (χ3v) is 10.1. The van der Waals surface area contributed by atoms with Crippen molar-refractivity contribution in [3.63, 3.8) is 0 Å². The summed E-state index contributed by atoms with van der Waals surface area (Å²) in [6.45, 7) is 11.9. The minimum atomic E-state index is -1.91. The van der Waals surface area contributed by atoms with Gasteiger partial charge in [0.15, 0.2) is 8.32 Å². The van der Waals surface area contributed by atoms with Crippen molar-refractivity contribution >= 4 is 25.8 Å². The zero-order chi connectivity index (χ0) is 22.4. The molecule has 0 saturated heterocycles. The van der Waals surface area contributed by atoms with E-state index in [1.807, 2.05) is 30.3 Å². The molecule has 2 aromatic rings. The summed E-state index contributed by atoms with van der Waals surface area (Å²) in [7, 11) is -1.91. The summed E-state index contributed by atoms with van der Waals surface area (Å²) < 4.78 is 6.28. The van der Waals surface area contributed by atoms with Crippen molar-refractivity contribution in [2.75, 3.05) is 18.1 Å². The molecular formula is C23H32N2O4Si. The summed E-state index contributed by atoms with van der Waals surface area (Å²) in [5.74, 6) is -0.687. The van der Waals surface area contributed by atoms with E-state index in [2.05, 4.69) is 33.9 Å². The van der Waals surface area contributed by atoms with Gasteiger partial charge < -0.3 is 9.33 Å². The van der Waals surface area contributed by atoms with E-state index >= 15 is 0 Å². The molecule has 0 aromatic heterocycles. The number of nitrogens with one attached hydrogen (secondary N) is 1. The maximum absolute atomic E-state index is 13.1. The highest BCUT2D eigenvalue weighted by Crippen LogP contribution is 2.36. The zero-order valence-corrected chi connectivity index (χ0v) is 19.4. The van der Waals surface area contributed by atoms with Gasteiger partial charge in [0, 0.05) is 17.8 Å². The summed E-state index contributed by atoms with van der Waals surface area (Å²) in [5, 5.41) is 8.93. The van der Waals surface area contributed by atoms with E-state index in [4.69, 9.17) is 9.63 Å². The van der Waals surface area contributed by atoms with Gasteiger partial charge in [0.2, 0.25) is 5.91 Å². The number of hydroxylamine groups is 1. The van der Waals surface area contributed by atoms with E-state index in [-0.39, 0.29) is 17.4 Å². The first-order valence-corrected chi connectivity index (χ1v) is 13.0. The predicted octanol–water partition coefficient (Wildman–Crippen LogP) is 4.40. The molecule has 0 aliphatic rings. The Morgan fingerprint density at radius 1 is 1.07 bits per heavy atom. The fourth-order valence-corrected chi connectivity index (χ4v) is 3.81. The number of anilines is 1. The van der Waals surface area contributed by atoms with Crippen LogP contribution in [-0.2, 0) is 15.6 Å². The number of benzene rings is 2. The summed E-state index contributed by atoms with van der Waals surface area (Å²) in [5.41, 5.74) is 3.43. The minimum absolute atomic E-state index is 0.0819. The van der Waals surface area contributed by atoms with Crippen molar-refractivity contribution in [2.24, 2.45) is 0 Å². The van der Waals surface area contributed by atoms with Gasteiger partial charge in [-0.3, -0.25) is 14.8 Å². The van der Waals surface area contributed by atoms with Crippen molar-refractivity contribution < 1.29 is 19.2 Å². The molecule has 0 heterocycles. The topological polar surface area (TPSA) is 78.9 Å². The molecule has 0 aliphatic carbocycles. The van der Waals surface area contributed by atoms with Gasteiger partial charge in [-0.1, -0.05) is 51.1 Å². The first-order valence-electron chi connectivity index (χ1n) is 10.1. The Kier molecular flexibility index (Phi) is 7.94. The van der Waals surface area contributed by atoms with Gasteiger partial charge in [-0.25, -0.2) is 5.48 Å². The lowest BCUT2D eigenvalue weighted by atomic mass is 10.1. The molecule has 2 rings (SSSR count). The van der Waals surface area contributed by atoms with Crippen molar-refractivity contribution in [3.8, 4) is 0 Å². The van der Waals surface area contributed by atoms with Gasteiger partial charge in [-0.15, -0.1) is 0 Å². The Morgan fingerprint density at radius 3 is 2.33 bits per heavy atom. The van der Waals surface area contributed by atoms with Crippen molar-refractivity contribution in [1.29, 1.82) is 0 Å². The lowest BCUT2D eigenvalue weighted by molar-refractivity contribution is -0.118. The molecule has 0 bridgehead atoms. The second kappa shape index (κ2) is 10.0. The number of hydrogen-bond acceptors (Lipinski definition) is 4. The number of nitrogens with zero attached hydrogens (tertiary/aromatic N) is 1. The van der Waals surface area contributed by atoms with Crippen LogP contribution in [0, 0.1) is 0 Å². The first-order chi connectivity index (χ1) is 14.0. The third kappa shape index (κ3) is 6.26. The lowest BCUT2D eigenvalue weighted by Crippen LogP contribution is -2.44. The zero-order valence-electron chi connectivity index (χ0n) is 18.4. The molecule has 2 N–H and O–H groups in total. The normalized spacial score (nSPS) is 11.8. The van der Waals surface area contributed by atoms with Crippen molar-refractivity contribution in [2.45, 2.75) is 45.3 Å². The SMILES string of the molecule is CC(C)(C)[Si](C)(C)OCCN(C(=O)Cc1cccc(C(=O)NO)c1)c1ccccc1. The van der Waals surface area contributed by atoms with Crippen LogP contribution in [-0.4, -0.2) is 38.5 Å². The van der Waals surface area contributed by atoms with Crippen LogP contribution in [0.2, 0.25) is 18.1 Å². The number of carbonyl (C=O) groups excluding carboxylic acids is 2. The summed E-state index contributed by atoms with van der Waals surface area (Å²) in [6.07, 6.45) is 0.140. The summed E-state index contributed by atoms with van der Waals surface area (Å²) in [6, 6.07) is 16.2. The molecule has 2 amide bonds. The minimum Gasteiger partial charge on any atom is -0.415 e. The molecule has 0 saturated carbocycles. The maximum Gasteiger partial charge on any atom is 0.274 e. The van der Waals surface area contributed by atoms with E-state index in [1.165, 1.54) is 0 Å². The smallest absolute Gasteiger partial charge is 0.274 e. The average Bonchev–Trinajstić information content (AvgIpc) is 2.70. The number of hydrogen-bond donors (Lipinski definition) is 2. The van der Waals surface area contributed by atoms with Gasteiger partial charge in [0.05, 0.1) is 13.0 Å². The van der Waals surface area contributed by atoms with Crippen LogP contribution < -0.4 is 10.4 Å². The highest BCUT2D eigenvalue weighted by molar-refractivity contribution is 6.74. The van der Waals surface area contributed by atoms with Gasteiger partial charge >= 0.3 is 0 Å². The van der Waals surface area contributed by atoms with Gasteiger partial charge in [-0.05, 0) is 48.0 Å². The van der Waals surface area contributed by atoms with Crippen LogP contribution in [0.1, 0.15) is 36.7 Å². The molecule has 0 aliphatic heterocycles. The Bertz CT molecular complexity index is 863. The molecule has 7 heteroatoms. The Hall–Kier alpha value is -2.48. The molecule has 162 valence electrons. The average molecular weight is 429 g/mol. The van der Waals surface area contributed by atoms with E-state index in [0.29, 0.717) is 24.3 Å². The Balaban J connectivity index is 2.15. The van der Waals surface area contributed by atoms with Crippen LogP contribution >= 0.6 is 0 Å². The highest BCUT2D eigenvalue weighted by atomic mass is 28.4. The number of rotatable bonds is 8. The van der Waals surface area contributed by atoms with Crippen LogP contribution in [0.25, 0.3) is 0 Å². The molecule has 30 heavy (non-hydrogen) atoms. The second-order valence-corrected chi connectivity index (χ2v) is 13.6. The fraction of sp³-hybridized carbons (Fsp3) is 0.391. The lowest BCUT2D eigenvalue weighted by Gasteiger charge is -2.36. The standard InChI is InChI=1S/C23H32N2O4Si/c1-23(2,3)30(4,5)29-15-14-25(20-12-7-6-8-13-20)21(26)17-18-10-9-11-19(16-18)22(27)24-28/h6-13,16,28H,14-15,17H2,1-5H3,(H,24,27). The fourth-order valence-electron chi connectivity index (χ4n) is 2.77. The molecular weight excluding hydrogens is 396 g/mol. The molecule has 6 nitrogen and oxygen atoms in total. The predicted molar refractivity (Wildman–Crippen MR) is 121 cm³/mol. The molecule has 0 unspecified atom stereocenters. The highest BCUT2D eigenvalue weighted by Gasteiger charge is 2.37. The van der Waals surface area contributed by atoms with Crippen molar-refractivity contribution in [3.05, 3.63) is 65.7 Å². The quantitative estimate of drug-likeness (QED) is 0.371. The van der Waals surface area contributed by atoms with E-state index in [1.54, 1.807) is 34.6 Å². The molecule has 2 aromatic carbocycles. The van der Waals surface area contributed by atoms with Gasteiger partial charge in [0.25, 0.3) is 5.91 Å². The molecule has 0 radical (unpaired) electrons. The second-order valence-electron chi connectivity index (χ2n) is 8.81. The first kappa shape index (κ1) is 23.8. The molecule has 0 atom stereocenters.